The van der Waals surface area contributed by atoms with Crippen LogP contribution < -0.4 is 4.74 Å². The topological polar surface area (TPSA) is 43.4 Å². The van der Waals surface area contributed by atoms with Crippen molar-refractivity contribution in [1.29, 1.82) is 0 Å². The molecule has 0 bridgehead atoms. The van der Waals surface area contributed by atoms with E-state index in [4.69, 9.17) is 4.74 Å². The Morgan fingerprint density at radius 1 is 1.35 bits per heavy atom. The maximum absolute atomic E-state index is 11.6. The predicted molar refractivity (Wildman–Crippen MR) is 84.3 cm³/mol. The van der Waals surface area contributed by atoms with Gasteiger partial charge in [-0.05, 0) is 37.5 Å². The van der Waals surface area contributed by atoms with Crippen LogP contribution in [-0.2, 0) is 9.84 Å². The largest absolute Gasteiger partial charge is 0.490 e. The van der Waals surface area contributed by atoms with Crippen LogP contribution in [0.5, 0.6) is 5.75 Å². The number of hydrogen-bond donors (Lipinski definition) is 0. The first kappa shape index (κ1) is 15.8. The summed E-state index contributed by atoms with van der Waals surface area (Å²) in [5, 5.41) is 0. The summed E-state index contributed by atoms with van der Waals surface area (Å²) in [7, 11) is -3.19. The highest BCUT2D eigenvalue weighted by Crippen LogP contribution is 2.52. The second-order valence-electron chi connectivity index (χ2n) is 5.50. The highest BCUT2D eigenvalue weighted by molar-refractivity contribution is 9.09. The number of sulfone groups is 1. The molecule has 1 aromatic carbocycles. The van der Waals surface area contributed by atoms with Gasteiger partial charge in [0.1, 0.15) is 11.9 Å². The van der Waals surface area contributed by atoms with Crippen LogP contribution in [0.2, 0.25) is 0 Å². The number of benzene rings is 1. The molecular weight excluding hydrogens is 340 g/mol. The molecule has 1 aromatic rings. The standard InChI is InChI=1S/C15H21BrO3S/c1-4-15(5-2)13(16)10-14(15)19-11-7-6-8-12(9-11)20(3,17)18/h6-9,13-14H,4-5,10H2,1-3H3. The highest BCUT2D eigenvalue weighted by atomic mass is 79.9. The van der Waals surface area contributed by atoms with Crippen molar-refractivity contribution in [2.45, 2.75) is 48.9 Å². The van der Waals surface area contributed by atoms with Gasteiger partial charge < -0.3 is 4.74 Å². The van der Waals surface area contributed by atoms with Gasteiger partial charge in [-0.1, -0.05) is 35.8 Å². The molecule has 0 aliphatic heterocycles. The quantitative estimate of drug-likeness (QED) is 0.749. The van der Waals surface area contributed by atoms with E-state index in [9.17, 15) is 8.42 Å². The Kier molecular flexibility index (Phi) is 4.50. The fraction of sp³-hybridized carbons (Fsp3) is 0.600. The third kappa shape index (κ3) is 2.75. The second-order valence-corrected chi connectivity index (χ2v) is 8.62. The predicted octanol–water partition coefficient (Wildman–Crippen LogP) is 3.81. The first-order valence-corrected chi connectivity index (χ1v) is 9.75. The lowest BCUT2D eigenvalue weighted by atomic mass is 9.62. The SMILES string of the molecule is CCC1(CC)C(Br)CC1Oc1cccc(S(C)(=O)=O)c1. The maximum Gasteiger partial charge on any atom is 0.175 e. The van der Waals surface area contributed by atoms with E-state index in [0.717, 1.165) is 19.3 Å². The van der Waals surface area contributed by atoms with E-state index >= 15 is 0 Å². The van der Waals surface area contributed by atoms with Gasteiger partial charge in [0.2, 0.25) is 0 Å². The van der Waals surface area contributed by atoms with E-state index in [1.807, 2.05) is 6.07 Å². The minimum absolute atomic E-state index is 0.150. The van der Waals surface area contributed by atoms with Gasteiger partial charge in [-0.3, -0.25) is 0 Å². The van der Waals surface area contributed by atoms with Crippen molar-refractivity contribution in [3.63, 3.8) is 0 Å². The van der Waals surface area contributed by atoms with E-state index < -0.39 is 9.84 Å². The Morgan fingerprint density at radius 2 is 2.00 bits per heavy atom. The summed E-state index contributed by atoms with van der Waals surface area (Å²) in [6.07, 6.45) is 4.43. The molecule has 1 aliphatic rings. The van der Waals surface area contributed by atoms with Crippen LogP contribution in [0, 0.1) is 5.41 Å². The Labute approximate surface area is 129 Å². The van der Waals surface area contributed by atoms with Gasteiger partial charge in [0.05, 0.1) is 4.90 Å². The van der Waals surface area contributed by atoms with Crippen molar-refractivity contribution in [2.75, 3.05) is 6.26 Å². The van der Waals surface area contributed by atoms with E-state index in [2.05, 4.69) is 29.8 Å². The normalized spacial score (nSPS) is 25.0. The minimum atomic E-state index is -3.19. The monoisotopic (exact) mass is 360 g/mol. The zero-order chi connectivity index (χ0) is 15.0. The molecule has 0 N–H and O–H groups in total. The van der Waals surface area contributed by atoms with E-state index in [-0.39, 0.29) is 11.5 Å². The molecule has 0 spiro atoms. The Morgan fingerprint density at radius 3 is 2.50 bits per heavy atom. The van der Waals surface area contributed by atoms with Gasteiger partial charge in [-0.25, -0.2) is 8.42 Å². The van der Waals surface area contributed by atoms with Gasteiger partial charge in [-0.2, -0.15) is 0 Å². The molecule has 2 atom stereocenters. The van der Waals surface area contributed by atoms with E-state index in [0.29, 0.717) is 15.5 Å². The molecule has 2 rings (SSSR count). The lowest BCUT2D eigenvalue weighted by Gasteiger charge is -2.52. The summed E-state index contributed by atoms with van der Waals surface area (Å²) in [5.74, 6) is 0.642. The fourth-order valence-electron chi connectivity index (χ4n) is 2.95. The number of ether oxygens (including phenoxy) is 1. The van der Waals surface area contributed by atoms with Crippen LogP contribution in [0.4, 0.5) is 0 Å². The van der Waals surface area contributed by atoms with Crippen LogP contribution in [0.1, 0.15) is 33.1 Å². The number of hydrogen-bond acceptors (Lipinski definition) is 3. The molecule has 0 radical (unpaired) electrons. The Balaban J connectivity index is 2.20. The van der Waals surface area contributed by atoms with Crippen molar-refractivity contribution in [1.82, 2.24) is 0 Å². The van der Waals surface area contributed by atoms with Crippen LogP contribution >= 0.6 is 15.9 Å². The molecule has 112 valence electrons. The van der Waals surface area contributed by atoms with Gasteiger partial charge in [0.25, 0.3) is 0 Å². The molecule has 1 fully saturated rings. The van der Waals surface area contributed by atoms with E-state index in [1.165, 1.54) is 6.26 Å². The van der Waals surface area contributed by atoms with Crippen molar-refractivity contribution in [2.24, 2.45) is 5.41 Å². The van der Waals surface area contributed by atoms with Crippen LogP contribution in [0.15, 0.2) is 29.2 Å². The maximum atomic E-state index is 11.6. The first-order chi connectivity index (χ1) is 9.33. The molecule has 20 heavy (non-hydrogen) atoms. The second kappa shape index (κ2) is 5.68. The first-order valence-electron chi connectivity index (χ1n) is 6.94. The molecule has 0 amide bonds. The molecule has 2 unspecified atom stereocenters. The smallest absolute Gasteiger partial charge is 0.175 e. The summed E-state index contributed by atoms with van der Waals surface area (Å²) in [6.45, 7) is 4.36. The van der Waals surface area contributed by atoms with Gasteiger partial charge in [0, 0.05) is 16.5 Å². The molecular formula is C15H21BrO3S. The molecule has 0 aromatic heterocycles. The van der Waals surface area contributed by atoms with Gasteiger partial charge >= 0.3 is 0 Å². The van der Waals surface area contributed by atoms with Crippen molar-refractivity contribution < 1.29 is 13.2 Å². The molecule has 1 saturated carbocycles. The third-order valence-electron chi connectivity index (χ3n) is 4.51. The van der Waals surface area contributed by atoms with E-state index in [1.54, 1.807) is 18.2 Å². The van der Waals surface area contributed by atoms with Crippen molar-refractivity contribution in [3.05, 3.63) is 24.3 Å². The number of alkyl halides is 1. The molecule has 0 saturated heterocycles. The summed E-state index contributed by atoms with van der Waals surface area (Å²) in [4.78, 5) is 0.788. The van der Waals surface area contributed by atoms with Crippen molar-refractivity contribution in [3.8, 4) is 5.75 Å². The average molecular weight is 361 g/mol. The fourth-order valence-corrected chi connectivity index (χ4v) is 4.89. The molecule has 3 nitrogen and oxygen atoms in total. The third-order valence-corrected chi connectivity index (χ3v) is 6.91. The minimum Gasteiger partial charge on any atom is -0.490 e. The van der Waals surface area contributed by atoms with Crippen molar-refractivity contribution >= 4 is 25.8 Å². The Bertz CT molecular complexity index is 579. The zero-order valence-electron chi connectivity index (χ0n) is 12.1. The van der Waals surface area contributed by atoms with Gasteiger partial charge in [0.15, 0.2) is 9.84 Å². The zero-order valence-corrected chi connectivity index (χ0v) is 14.5. The lowest BCUT2D eigenvalue weighted by Crippen LogP contribution is -2.56. The highest BCUT2D eigenvalue weighted by Gasteiger charge is 2.53. The van der Waals surface area contributed by atoms with Crippen LogP contribution in [0.3, 0.4) is 0 Å². The number of halogens is 1. The molecule has 1 aliphatic carbocycles. The van der Waals surface area contributed by atoms with Crippen LogP contribution in [0.25, 0.3) is 0 Å². The van der Waals surface area contributed by atoms with Gasteiger partial charge in [-0.15, -0.1) is 0 Å². The summed E-state index contributed by atoms with van der Waals surface area (Å²) in [6, 6.07) is 6.78. The summed E-state index contributed by atoms with van der Waals surface area (Å²) < 4.78 is 29.2. The molecule has 5 heteroatoms. The summed E-state index contributed by atoms with van der Waals surface area (Å²) >= 11 is 3.73. The Hall–Kier alpha value is -0.550. The lowest BCUT2D eigenvalue weighted by molar-refractivity contribution is -0.0412. The van der Waals surface area contributed by atoms with Crippen LogP contribution in [-0.4, -0.2) is 25.6 Å². The average Bonchev–Trinajstić information content (AvgIpc) is 2.39. The molecule has 0 heterocycles. The number of rotatable bonds is 5. The summed E-state index contributed by atoms with van der Waals surface area (Å²) in [5.41, 5.74) is 0.154.